The topological polar surface area (TPSA) is 64.1 Å². The van der Waals surface area contributed by atoms with Crippen LogP contribution in [0.25, 0.3) is 10.2 Å². The Labute approximate surface area is 144 Å². The molecular formula is C18H19N3O2S. The maximum absolute atomic E-state index is 12.6. The Morgan fingerprint density at radius 2 is 1.96 bits per heavy atom. The summed E-state index contributed by atoms with van der Waals surface area (Å²) < 4.78 is 5.56. The van der Waals surface area contributed by atoms with Gasteiger partial charge < -0.3 is 10.1 Å². The quantitative estimate of drug-likeness (QED) is 0.755. The monoisotopic (exact) mass is 341 g/mol. The molecule has 0 radical (unpaired) electrons. The van der Waals surface area contributed by atoms with Crippen molar-refractivity contribution in [2.45, 2.75) is 27.2 Å². The van der Waals surface area contributed by atoms with Crippen LogP contribution in [0.1, 0.15) is 34.6 Å². The zero-order valence-corrected chi connectivity index (χ0v) is 14.7. The van der Waals surface area contributed by atoms with Gasteiger partial charge in [0.2, 0.25) is 5.88 Å². The van der Waals surface area contributed by atoms with E-state index < -0.39 is 0 Å². The summed E-state index contributed by atoms with van der Waals surface area (Å²) in [4.78, 5) is 22.5. The number of fused-ring (bicyclic) bond motifs is 1. The summed E-state index contributed by atoms with van der Waals surface area (Å²) in [7, 11) is 0. The first-order chi connectivity index (χ1) is 11.6. The van der Waals surface area contributed by atoms with Crippen molar-refractivity contribution >= 4 is 33.1 Å². The van der Waals surface area contributed by atoms with Gasteiger partial charge in [0.25, 0.3) is 5.91 Å². The van der Waals surface area contributed by atoms with Crippen molar-refractivity contribution in [3.63, 3.8) is 0 Å². The van der Waals surface area contributed by atoms with Crippen LogP contribution in [0.2, 0.25) is 0 Å². The lowest BCUT2D eigenvalue weighted by Gasteiger charge is -2.06. The molecule has 0 unspecified atom stereocenters. The van der Waals surface area contributed by atoms with Gasteiger partial charge in [0, 0.05) is 5.69 Å². The first-order valence-electron chi connectivity index (χ1n) is 7.91. The molecule has 0 fully saturated rings. The molecule has 0 aliphatic carbocycles. The number of carbonyl (C=O) groups excluding carboxylic acids is 1. The predicted octanol–water partition coefficient (Wildman–Crippen LogP) is 4.21. The lowest BCUT2D eigenvalue weighted by atomic mass is 10.1. The van der Waals surface area contributed by atoms with Gasteiger partial charge in [-0.1, -0.05) is 19.1 Å². The zero-order valence-electron chi connectivity index (χ0n) is 13.9. The summed E-state index contributed by atoms with van der Waals surface area (Å²) in [5, 5.41) is 3.76. The molecule has 3 aromatic rings. The summed E-state index contributed by atoms with van der Waals surface area (Å²) >= 11 is 1.36. The largest absolute Gasteiger partial charge is 0.477 e. The van der Waals surface area contributed by atoms with Crippen molar-refractivity contribution in [2.24, 2.45) is 0 Å². The summed E-state index contributed by atoms with van der Waals surface area (Å²) in [5.74, 6) is 0.393. The SMILES string of the molecule is CCOc1ncnc2sc(C(=O)Nc3ccc(CC)cc3)c(C)c12. The summed E-state index contributed by atoms with van der Waals surface area (Å²) in [5.41, 5.74) is 2.87. The molecule has 3 rings (SSSR count). The standard InChI is InChI=1S/C18H19N3O2S/c1-4-12-6-8-13(9-7-12)21-16(22)15-11(3)14-17(23-5-2)19-10-20-18(14)24-15/h6-10H,4-5H2,1-3H3,(H,21,22). The van der Waals surface area contributed by atoms with Gasteiger partial charge in [-0.05, 0) is 43.5 Å². The minimum Gasteiger partial charge on any atom is -0.477 e. The molecule has 0 spiro atoms. The highest BCUT2D eigenvalue weighted by molar-refractivity contribution is 7.20. The smallest absolute Gasteiger partial charge is 0.266 e. The highest BCUT2D eigenvalue weighted by Crippen LogP contribution is 2.34. The van der Waals surface area contributed by atoms with Crippen LogP contribution in [0.3, 0.4) is 0 Å². The van der Waals surface area contributed by atoms with Gasteiger partial charge in [-0.3, -0.25) is 4.79 Å². The van der Waals surface area contributed by atoms with Crippen molar-refractivity contribution in [1.82, 2.24) is 9.97 Å². The Bertz CT molecular complexity index is 872. The fourth-order valence-corrected chi connectivity index (χ4v) is 3.55. The van der Waals surface area contributed by atoms with Gasteiger partial charge in [-0.15, -0.1) is 11.3 Å². The Hall–Kier alpha value is -2.47. The van der Waals surface area contributed by atoms with Crippen LogP contribution in [0.5, 0.6) is 5.88 Å². The molecule has 24 heavy (non-hydrogen) atoms. The first-order valence-corrected chi connectivity index (χ1v) is 8.72. The number of benzene rings is 1. The number of ether oxygens (including phenoxy) is 1. The number of anilines is 1. The third-order valence-corrected chi connectivity index (χ3v) is 5.00. The van der Waals surface area contributed by atoms with E-state index in [-0.39, 0.29) is 5.91 Å². The second-order valence-electron chi connectivity index (χ2n) is 5.35. The highest BCUT2D eigenvalue weighted by Gasteiger charge is 2.20. The number of hydrogen-bond donors (Lipinski definition) is 1. The molecule has 0 bridgehead atoms. The van der Waals surface area contributed by atoms with E-state index >= 15 is 0 Å². The minimum atomic E-state index is -0.137. The van der Waals surface area contributed by atoms with Crippen LogP contribution in [-0.2, 0) is 6.42 Å². The van der Waals surface area contributed by atoms with Crippen molar-refractivity contribution in [1.29, 1.82) is 0 Å². The predicted molar refractivity (Wildman–Crippen MR) is 97.1 cm³/mol. The summed E-state index contributed by atoms with van der Waals surface area (Å²) in [6, 6.07) is 7.88. The lowest BCUT2D eigenvalue weighted by molar-refractivity contribution is 0.103. The third kappa shape index (κ3) is 3.10. The van der Waals surface area contributed by atoms with Crippen molar-refractivity contribution < 1.29 is 9.53 Å². The lowest BCUT2D eigenvalue weighted by Crippen LogP contribution is -2.11. The molecule has 0 atom stereocenters. The van der Waals surface area contributed by atoms with Crippen LogP contribution in [-0.4, -0.2) is 22.5 Å². The average Bonchev–Trinajstić information content (AvgIpc) is 2.94. The van der Waals surface area contributed by atoms with Crippen LogP contribution in [0.4, 0.5) is 5.69 Å². The number of thiophene rings is 1. The van der Waals surface area contributed by atoms with Gasteiger partial charge in [0.05, 0.1) is 16.9 Å². The summed E-state index contributed by atoms with van der Waals surface area (Å²) in [6.45, 7) is 6.43. The maximum Gasteiger partial charge on any atom is 0.266 e. The molecule has 0 saturated carbocycles. The van der Waals surface area contributed by atoms with Gasteiger partial charge in [-0.2, -0.15) is 0 Å². The Morgan fingerprint density at radius 1 is 1.21 bits per heavy atom. The first kappa shape index (κ1) is 16.4. The van der Waals surface area contributed by atoms with Crippen LogP contribution >= 0.6 is 11.3 Å². The molecule has 6 heteroatoms. The van der Waals surface area contributed by atoms with Gasteiger partial charge in [-0.25, -0.2) is 9.97 Å². The van der Waals surface area contributed by atoms with Crippen molar-refractivity contribution in [2.75, 3.05) is 11.9 Å². The van der Waals surface area contributed by atoms with E-state index in [0.29, 0.717) is 17.4 Å². The maximum atomic E-state index is 12.6. The van der Waals surface area contributed by atoms with Crippen LogP contribution in [0, 0.1) is 6.92 Å². The molecule has 124 valence electrons. The van der Waals surface area contributed by atoms with E-state index in [9.17, 15) is 4.79 Å². The number of amides is 1. The number of hydrogen-bond acceptors (Lipinski definition) is 5. The Kier molecular flexibility index (Phi) is 4.76. The zero-order chi connectivity index (χ0) is 17.1. The molecule has 5 nitrogen and oxygen atoms in total. The van der Waals surface area contributed by atoms with Crippen molar-refractivity contribution in [3.8, 4) is 5.88 Å². The highest BCUT2D eigenvalue weighted by atomic mass is 32.1. The third-order valence-electron chi connectivity index (χ3n) is 3.80. The van der Waals surface area contributed by atoms with Gasteiger partial charge in [0.1, 0.15) is 11.2 Å². The molecular weight excluding hydrogens is 322 g/mol. The number of carbonyl (C=O) groups is 1. The molecule has 2 aromatic heterocycles. The number of nitrogens with zero attached hydrogens (tertiary/aromatic N) is 2. The minimum absolute atomic E-state index is 0.137. The Morgan fingerprint density at radius 3 is 2.62 bits per heavy atom. The fraction of sp³-hybridized carbons (Fsp3) is 0.278. The molecule has 1 N–H and O–H groups in total. The van der Waals surface area contributed by atoms with Crippen LogP contribution in [0.15, 0.2) is 30.6 Å². The van der Waals surface area contributed by atoms with Crippen molar-refractivity contribution in [3.05, 3.63) is 46.6 Å². The molecule has 0 saturated heterocycles. The fourth-order valence-electron chi connectivity index (χ4n) is 2.51. The second kappa shape index (κ2) is 6.97. The van der Waals surface area contributed by atoms with Crippen LogP contribution < -0.4 is 10.1 Å². The summed E-state index contributed by atoms with van der Waals surface area (Å²) in [6.07, 6.45) is 2.44. The molecule has 0 aliphatic heterocycles. The second-order valence-corrected chi connectivity index (χ2v) is 6.35. The van der Waals surface area contributed by atoms with E-state index in [1.54, 1.807) is 0 Å². The molecule has 1 aromatic carbocycles. The Balaban J connectivity index is 1.92. The van der Waals surface area contributed by atoms with Gasteiger partial charge >= 0.3 is 0 Å². The number of nitrogens with one attached hydrogen (secondary N) is 1. The van der Waals surface area contributed by atoms with E-state index in [4.69, 9.17) is 4.74 Å². The molecule has 2 heterocycles. The number of rotatable bonds is 5. The number of aryl methyl sites for hydroxylation is 2. The molecule has 0 aliphatic rings. The van der Waals surface area contributed by atoms with Gasteiger partial charge in [0.15, 0.2) is 0 Å². The van der Waals surface area contributed by atoms with E-state index in [2.05, 4.69) is 22.2 Å². The molecule has 1 amide bonds. The normalized spacial score (nSPS) is 10.8. The van der Waals surface area contributed by atoms with E-state index in [1.165, 1.54) is 23.2 Å². The van der Waals surface area contributed by atoms with E-state index in [0.717, 1.165) is 27.9 Å². The number of aromatic nitrogens is 2. The average molecular weight is 341 g/mol. The van der Waals surface area contributed by atoms with E-state index in [1.807, 2.05) is 38.1 Å².